The summed E-state index contributed by atoms with van der Waals surface area (Å²) in [5, 5.41) is 23.0. The number of carboxylic acids is 1. The molecule has 6 aromatic rings. The molecule has 1 fully saturated rings. The zero-order valence-corrected chi connectivity index (χ0v) is 30.6. The summed E-state index contributed by atoms with van der Waals surface area (Å²) in [5.41, 5.74) is 4.89. The molecule has 0 aliphatic carbocycles. The van der Waals surface area contributed by atoms with E-state index in [4.69, 9.17) is 40.5 Å². The molecule has 4 aromatic carbocycles. The van der Waals surface area contributed by atoms with E-state index in [0.717, 1.165) is 38.7 Å². The fraction of sp³-hybridized carbons (Fsp3) is 0.262. The van der Waals surface area contributed by atoms with E-state index in [1.807, 2.05) is 103 Å². The summed E-state index contributed by atoms with van der Waals surface area (Å²) in [7, 11) is 1.60. The Hall–Kier alpha value is -5.26. The first-order valence-electron chi connectivity index (χ1n) is 17.3. The number of ether oxygens (including phenoxy) is 4. The Balaban J connectivity index is 1.14. The van der Waals surface area contributed by atoms with E-state index >= 15 is 0 Å². The van der Waals surface area contributed by atoms with Crippen LogP contribution in [0.3, 0.4) is 0 Å². The fourth-order valence-electron chi connectivity index (χ4n) is 6.51. The average Bonchev–Trinajstić information content (AvgIpc) is 3.58. The Labute approximate surface area is 312 Å². The summed E-state index contributed by atoms with van der Waals surface area (Å²) in [5.74, 6) is 0.774. The molecule has 1 aliphatic rings. The SMILES string of the molecule is COc1ccc2c(O[C@@H]3C[C@@H](C(=O)O)N(C(O)OC(C)(C)C)C3)cc(-c3cccc(COc4ccc5c(Cl)cc(-c6ccccc6)nc5c4)c3)nc2c1. The number of carboxylic acid groups (broad SMARTS) is 1. The van der Waals surface area contributed by atoms with Gasteiger partial charge < -0.3 is 29.2 Å². The van der Waals surface area contributed by atoms with E-state index in [1.165, 1.54) is 4.90 Å². The Morgan fingerprint density at radius 2 is 1.55 bits per heavy atom. The highest BCUT2D eigenvalue weighted by atomic mass is 35.5. The van der Waals surface area contributed by atoms with Gasteiger partial charge in [-0.25, -0.2) is 14.9 Å². The molecule has 7 rings (SSSR count). The first-order valence-corrected chi connectivity index (χ1v) is 17.7. The molecular formula is C42H40ClN3O7. The molecule has 0 amide bonds. The van der Waals surface area contributed by atoms with Crippen molar-refractivity contribution in [1.82, 2.24) is 14.9 Å². The zero-order valence-electron chi connectivity index (χ0n) is 29.8. The molecule has 272 valence electrons. The maximum atomic E-state index is 12.2. The molecule has 11 heteroatoms. The summed E-state index contributed by atoms with van der Waals surface area (Å²) in [4.78, 5) is 23.4. The highest BCUT2D eigenvalue weighted by Crippen LogP contribution is 2.36. The molecule has 0 spiro atoms. The van der Waals surface area contributed by atoms with Crippen LogP contribution in [0.2, 0.25) is 5.02 Å². The lowest BCUT2D eigenvalue weighted by atomic mass is 10.1. The third kappa shape index (κ3) is 8.21. The number of fused-ring (bicyclic) bond motifs is 2. The number of pyridine rings is 2. The molecule has 3 heterocycles. The predicted molar refractivity (Wildman–Crippen MR) is 204 cm³/mol. The number of aliphatic hydroxyl groups is 1. The standard InChI is InChI=1S/C42H40ClN3O7/c1-42(2,3)53-41(49)46-23-30(20-38(46)40(47)48)52-39-22-35(45-37-18-28(50-4)13-16-32(37)39)27-12-8-9-25(17-27)24-51-29-14-15-31-33(43)21-34(44-36(31)19-29)26-10-6-5-7-11-26/h5-19,21-22,30,38,41,49H,20,23-24H2,1-4H3,(H,47,48)/t30-,38+,41?/m1/s1. The lowest BCUT2D eigenvalue weighted by Gasteiger charge is -2.31. The molecule has 1 unspecified atom stereocenters. The van der Waals surface area contributed by atoms with Crippen molar-refractivity contribution in [3.63, 3.8) is 0 Å². The molecule has 0 bridgehead atoms. The van der Waals surface area contributed by atoms with Gasteiger partial charge in [0.1, 0.15) is 36.0 Å². The quantitative estimate of drug-likeness (QED) is 0.126. The van der Waals surface area contributed by atoms with Gasteiger partial charge in [0.15, 0.2) is 0 Å². The largest absolute Gasteiger partial charge is 0.497 e. The van der Waals surface area contributed by atoms with Crippen molar-refractivity contribution in [1.29, 1.82) is 0 Å². The lowest BCUT2D eigenvalue weighted by Crippen LogP contribution is -2.47. The van der Waals surface area contributed by atoms with Crippen molar-refractivity contribution in [2.75, 3.05) is 13.7 Å². The molecule has 0 radical (unpaired) electrons. The van der Waals surface area contributed by atoms with Crippen LogP contribution in [0.15, 0.2) is 103 Å². The van der Waals surface area contributed by atoms with Crippen LogP contribution in [0.25, 0.3) is 44.3 Å². The second kappa shape index (κ2) is 15.0. The second-order valence-corrected chi connectivity index (χ2v) is 14.4. The van der Waals surface area contributed by atoms with Gasteiger partial charge in [0, 0.05) is 53.1 Å². The summed E-state index contributed by atoms with van der Waals surface area (Å²) in [6.45, 7) is 5.85. The molecule has 0 saturated carbocycles. The third-order valence-electron chi connectivity index (χ3n) is 9.03. The van der Waals surface area contributed by atoms with Gasteiger partial charge in [-0.05, 0) is 62.7 Å². The Bertz CT molecular complexity index is 2280. The minimum Gasteiger partial charge on any atom is -0.497 e. The van der Waals surface area contributed by atoms with Crippen LogP contribution < -0.4 is 14.2 Å². The zero-order chi connectivity index (χ0) is 37.3. The fourth-order valence-corrected chi connectivity index (χ4v) is 6.77. The number of carbonyl (C=O) groups is 1. The van der Waals surface area contributed by atoms with E-state index in [0.29, 0.717) is 40.1 Å². The maximum absolute atomic E-state index is 12.2. The molecule has 1 aliphatic heterocycles. The summed E-state index contributed by atoms with van der Waals surface area (Å²) < 4.78 is 24.0. The van der Waals surface area contributed by atoms with Gasteiger partial charge in [-0.15, -0.1) is 0 Å². The normalized spacial score (nSPS) is 16.9. The number of hydrogen-bond donors (Lipinski definition) is 2. The Morgan fingerprint density at radius 3 is 2.28 bits per heavy atom. The molecule has 1 saturated heterocycles. The van der Waals surface area contributed by atoms with Crippen molar-refractivity contribution in [3.8, 4) is 39.8 Å². The average molecular weight is 734 g/mol. The van der Waals surface area contributed by atoms with Crippen molar-refractivity contribution in [2.45, 2.75) is 58.0 Å². The van der Waals surface area contributed by atoms with Gasteiger partial charge in [-0.3, -0.25) is 4.79 Å². The predicted octanol–water partition coefficient (Wildman–Crippen LogP) is 8.36. The smallest absolute Gasteiger partial charge is 0.321 e. The van der Waals surface area contributed by atoms with E-state index in [-0.39, 0.29) is 13.0 Å². The van der Waals surface area contributed by atoms with Gasteiger partial charge in [-0.2, -0.15) is 0 Å². The number of methoxy groups -OCH3 is 1. The number of halogens is 1. The number of rotatable bonds is 11. The van der Waals surface area contributed by atoms with Crippen LogP contribution in [0.5, 0.6) is 17.2 Å². The topological polar surface area (TPSA) is 123 Å². The lowest BCUT2D eigenvalue weighted by molar-refractivity contribution is -0.243. The molecule has 2 N–H and O–H groups in total. The second-order valence-electron chi connectivity index (χ2n) is 14.0. The Morgan fingerprint density at radius 1 is 0.868 bits per heavy atom. The number of nitrogens with zero attached hydrogens (tertiary/aromatic N) is 3. The minimum absolute atomic E-state index is 0.153. The molecule has 3 atom stereocenters. The van der Waals surface area contributed by atoms with Crippen molar-refractivity contribution in [3.05, 3.63) is 114 Å². The van der Waals surface area contributed by atoms with Crippen LogP contribution >= 0.6 is 11.6 Å². The number of likely N-dealkylation sites (tertiary alicyclic amines) is 1. The van der Waals surface area contributed by atoms with Crippen molar-refractivity contribution in [2.24, 2.45) is 0 Å². The molecule has 10 nitrogen and oxygen atoms in total. The van der Waals surface area contributed by atoms with Gasteiger partial charge in [0.25, 0.3) is 0 Å². The number of aliphatic hydroxyl groups excluding tert-OH is 1. The Kier molecular flexibility index (Phi) is 10.2. The van der Waals surface area contributed by atoms with Gasteiger partial charge in [0.05, 0.1) is 40.2 Å². The van der Waals surface area contributed by atoms with Gasteiger partial charge in [-0.1, -0.05) is 60.1 Å². The summed E-state index contributed by atoms with van der Waals surface area (Å²) in [6, 6.07) is 31.8. The van der Waals surface area contributed by atoms with Crippen LogP contribution in [-0.4, -0.2) is 68.9 Å². The summed E-state index contributed by atoms with van der Waals surface area (Å²) >= 11 is 6.64. The molecule has 2 aromatic heterocycles. The van der Waals surface area contributed by atoms with Gasteiger partial charge in [0.2, 0.25) is 6.41 Å². The monoisotopic (exact) mass is 733 g/mol. The number of benzene rings is 4. The van der Waals surface area contributed by atoms with Crippen LogP contribution in [0, 0.1) is 0 Å². The first-order chi connectivity index (χ1) is 25.4. The van der Waals surface area contributed by atoms with Crippen LogP contribution in [0.1, 0.15) is 32.8 Å². The van der Waals surface area contributed by atoms with E-state index in [9.17, 15) is 15.0 Å². The van der Waals surface area contributed by atoms with Crippen molar-refractivity contribution >= 4 is 39.4 Å². The highest BCUT2D eigenvalue weighted by Gasteiger charge is 2.43. The van der Waals surface area contributed by atoms with Gasteiger partial charge >= 0.3 is 5.97 Å². The van der Waals surface area contributed by atoms with E-state index in [1.54, 1.807) is 27.9 Å². The van der Waals surface area contributed by atoms with E-state index < -0.39 is 30.1 Å². The highest BCUT2D eigenvalue weighted by molar-refractivity contribution is 6.35. The molecular weight excluding hydrogens is 694 g/mol. The third-order valence-corrected chi connectivity index (χ3v) is 9.34. The summed E-state index contributed by atoms with van der Waals surface area (Å²) in [6.07, 6.45) is -1.78. The minimum atomic E-state index is -1.40. The van der Waals surface area contributed by atoms with Crippen LogP contribution in [-0.2, 0) is 16.1 Å². The van der Waals surface area contributed by atoms with Crippen LogP contribution in [0.4, 0.5) is 0 Å². The number of hydrogen-bond acceptors (Lipinski definition) is 9. The maximum Gasteiger partial charge on any atom is 0.321 e. The first kappa shape index (κ1) is 36.1. The van der Waals surface area contributed by atoms with Crippen molar-refractivity contribution < 1.29 is 34.0 Å². The van der Waals surface area contributed by atoms with E-state index in [2.05, 4.69) is 0 Å². The molecule has 53 heavy (non-hydrogen) atoms. The number of aromatic nitrogens is 2. The number of aliphatic carboxylic acids is 1.